The second-order valence-corrected chi connectivity index (χ2v) is 7.96. The molecule has 0 radical (unpaired) electrons. The maximum absolute atomic E-state index is 13.3. The summed E-state index contributed by atoms with van der Waals surface area (Å²) in [6, 6.07) is 22.8. The average molecular weight is 471 g/mol. The summed E-state index contributed by atoms with van der Waals surface area (Å²) in [6.07, 6.45) is 3.76. The number of benzene rings is 3. The van der Waals surface area contributed by atoms with Crippen molar-refractivity contribution >= 4 is 62.5 Å². The molecule has 1 aliphatic rings. The van der Waals surface area contributed by atoms with E-state index in [0.29, 0.717) is 21.3 Å². The van der Waals surface area contributed by atoms with Gasteiger partial charge in [-0.3, -0.25) is 9.69 Å². The van der Waals surface area contributed by atoms with Gasteiger partial charge in [-0.1, -0.05) is 87.7 Å². The zero-order chi connectivity index (χ0) is 19.7. The van der Waals surface area contributed by atoms with Crippen molar-refractivity contribution in [3.63, 3.8) is 0 Å². The Hall–Kier alpha value is -2.33. The van der Waals surface area contributed by atoms with Crippen LogP contribution in [-0.2, 0) is 4.79 Å². The van der Waals surface area contributed by atoms with E-state index in [0.717, 1.165) is 21.3 Å². The fraction of sp³-hybridized carbons (Fsp3) is 0. The Morgan fingerprint density at radius 3 is 2.29 bits per heavy atom. The van der Waals surface area contributed by atoms with Crippen LogP contribution < -0.4 is 4.90 Å². The van der Waals surface area contributed by atoms with Gasteiger partial charge in [-0.2, -0.15) is 0 Å². The molecule has 1 heterocycles. The highest BCUT2D eigenvalue weighted by atomic mass is 79.9. The molecule has 0 saturated heterocycles. The summed E-state index contributed by atoms with van der Waals surface area (Å²) in [5.74, 6) is -0.147. The molecule has 5 heteroatoms. The largest absolute Gasteiger partial charge is 0.275 e. The average Bonchev–Trinajstić information content (AvgIpc) is 3.03. The number of anilines is 1. The SMILES string of the molecule is O=C1C(=Cc2ccc(Br)cc2)C=C(c2ccccc2)N1c1cccc(Cl)c1Cl. The van der Waals surface area contributed by atoms with Gasteiger partial charge in [0.1, 0.15) is 0 Å². The maximum atomic E-state index is 13.3. The van der Waals surface area contributed by atoms with Crippen molar-refractivity contribution in [2.45, 2.75) is 0 Å². The van der Waals surface area contributed by atoms with E-state index in [1.165, 1.54) is 0 Å². The molecule has 0 saturated carbocycles. The first-order valence-corrected chi connectivity index (χ1v) is 10.1. The second-order valence-electron chi connectivity index (χ2n) is 6.26. The third-order valence-corrected chi connectivity index (χ3v) is 5.75. The van der Waals surface area contributed by atoms with Gasteiger partial charge >= 0.3 is 0 Å². The van der Waals surface area contributed by atoms with E-state index >= 15 is 0 Å². The molecule has 0 N–H and O–H groups in total. The molecule has 138 valence electrons. The van der Waals surface area contributed by atoms with Crippen molar-refractivity contribution in [1.82, 2.24) is 0 Å². The monoisotopic (exact) mass is 469 g/mol. The number of halogens is 3. The number of carbonyl (C=O) groups excluding carboxylic acids is 1. The quantitative estimate of drug-likeness (QED) is 0.370. The van der Waals surface area contributed by atoms with Crippen molar-refractivity contribution < 1.29 is 4.79 Å². The fourth-order valence-corrected chi connectivity index (χ4v) is 3.72. The second kappa shape index (κ2) is 7.96. The molecule has 0 bridgehead atoms. The highest BCUT2D eigenvalue weighted by Gasteiger charge is 2.32. The fourth-order valence-electron chi connectivity index (χ4n) is 3.08. The minimum Gasteiger partial charge on any atom is -0.275 e. The number of amides is 1. The molecule has 2 nitrogen and oxygen atoms in total. The number of hydrogen-bond donors (Lipinski definition) is 0. The van der Waals surface area contributed by atoms with E-state index in [1.807, 2.05) is 66.7 Å². The first kappa shape index (κ1) is 19.0. The number of carbonyl (C=O) groups is 1. The Kier molecular flexibility index (Phi) is 5.40. The third kappa shape index (κ3) is 3.66. The lowest BCUT2D eigenvalue weighted by molar-refractivity contribution is -0.113. The number of rotatable bonds is 3. The lowest BCUT2D eigenvalue weighted by Gasteiger charge is -2.22. The summed E-state index contributed by atoms with van der Waals surface area (Å²) < 4.78 is 0.986. The van der Waals surface area contributed by atoms with Crippen molar-refractivity contribution in [2.24, 2.45) is 0 Å². The molecule has 0 spiro atoms. The van der Waals surface area contributed by atoms with Gasteiger partial charge in [-0.05, 0) is 47.5 Å². The predicted octanol–water partition coefficient (Wildman–Crippen LogP) is 7.23. The molecule has 1 aliphatic heterocycles. The van der Waals surface area contributed by atoms with Gasteiger partial charge in [-0.15, -0.1) is 0 Å². The van der Waals surface area contributed by atoms with Gasteiger partial charge < -0.3 is 0 Å². The highest BCUT2D eigenvalue weighted by molar-refractivity contribution is 9.10. The van der Waals surface area contributed by atoms with Gasteiger partial charge in [-0.25, -0.2) is 0 Å². The lowest BCUT2D eigenvalue weighted by Crippen LogP contribution is -2.25. The van der Waals surface area contributed by atoms with E-state index in [2.05, 4.69) is 15.9 Å². The van der Waals surface area contributed by atoms with E-state index in [-0.39, 0.29) is 5.91 Å². The maximum Gasteiger partial charge on any atom is 0.262 e. The lowest BCUT2D eigenvalue weighted by atomic mass is 10.1. The smallest absolute Gasteiger partial charge is 0.262 e. The van der Waals surface area contributed by atoms with E-state index in [9.17, 15) is 4.79 Å². The topological polar surface area (TPSA) is 20.3 Å². The summed E-state index contributed by atoms with van der Waals surface area (Å²) in [6.45, 7) is 0. The Bertz CT molecular complexity index is 1110. The molecular weight excluding hydrogens is 457 g/mol. The zero-order valence-electron chi connectivity index (χ0n) is 14.6. The van der Waals surface area contributed by atoms with Gasteiger partial charge in [0.05, 0.1) is 21.4 Å². The van der Waals surface area contributed by atoms with Gasteiger partial charge in [0.2, 0.25) is 0 Å². The van der Waals surface area contributed by atoms with Crippen LogP contribution in [0, 0.1) is 0 Å². The summed E-state index contributed by atoms with van der Waals surface area (Å²) in [4.78, 5) is 14.9. The Morgan fingerprint density at radius 1 is 0.857 bits per heavy atom. The number of nitrogens with zero attached hydrogens (tertiary/aromatic N) is 1. The predicted molar refractivity (Wildman–Crippen MR) is 120 cm³/mol. The van der Waals surface area contributed by atoms with Gasteiger partial charge in [0.25, 0.3) is 5.91 Å². The molecule has 0 aromatic heterocycles. The summed E-state index contributed by atoms with van der Waals surface area (Å²) in [5, 5.41) is 0.758. The van der Waals surface area contributed by atoms with Crippen LogP contribution in [0.3, 0.4) is 0 Å². The van der Waals surface area contributed by atoms with Crippen LogP contribution >= 0.6 is 39.1 Å². The molecular formula is C23H14BrCl2NO. The summed E-state index contributed by atoms with van der Waals surface area (Å²) in [5.41, 5.74) is 3.77. The Balaban J connectivity index is 1.85. The van der Waals surface area contributed by atoms with Crippen LogP contribution in [-0.4, -0.2) is 5.91 Å². The molecule has 0 aliphatic carbocycles. The molecule has 28 heavy (non-hydrogen) atoms. The van der Waals surface area contributed by atoms with Crippen molar-refractivity contribution in [3.05, 3.63) is 110 Å². The highest BCUT2D eigenvalue weighted by Crippen LogP contribution is 2.41. The van der Waals surface area contributed by atoms with Crippen LogP contribution in [0.4, 0.5) is 5.69 Å². The molecule has 0 unspecified atom stereocenters. The van der Waals surface area contributed by atoms with Crippen LogP contribution in [0.25, 0.3) is 11.8 Å². The standard InChI is InChI=1S/C23H14BrCl2NO/c24-18-11-9-15(10-12-18)13-17-14-21(16-5-2-1-3-6-16)27(23(17)28)20-8-4-7-19(25)22(20)26/h1-14H. The van der Waals surface area contributed by atoms with E-state index < -0.39 is 0 Å². The van der Waals surface area contributed by atoms with Crippen molar-refractivity contribution in [2.75, 3.05) is 4.90 Å². The van der Waals surface area contributed by atoms with Crippen LogP contribution in [0.5, 0.6) is 0 Å². The molecule has 3 aromatic rings. The zero-order valence-corrected chi connectivity index (χ0v) is 17.7. The first-order chi connectivity index (χ1) is 13.5. The van der Waals surface area contributed by atoms with Crippen LogP contribution in [0.15, 0.2) is 88.9 Å². The van der Waals surface area contributed by atoms with Crippen LogP contribution in [0.2, 0.25) is 10.0 Å². The minimum atomic E-state index is -0.147. The van der Waals surface area contributed by atoms with Gasteiger partial charge in [0, 0.05) is 10.0 Å². The molecule has 3 aromatic carbocycles. The third-order valence-electron chi connectivity index (χ3n) is 4.42. The molecule has 1 amide bonds. The van der Waals surface area contributed by atoms with Crippen molar-refractivity contribution in [1.29, 1.82) is 0 Å². The van der Waals surface area contributed by atoms with Gasteiger partial charge in [0.15, 0.2) is 0 Å². The minimum absolute atomic E-state index is 0.147. The van der Waals surface area contributed by atoms with Crippen LogP contribution in [0.1, 0.15) is 11.1 Å². The number of hydrogen-bond acceptors (Lipinski definition) is 1. The first-order valence-electron chi connectivity index (χ1n) is 8.57. The van der Waals surface area contributed by atoms with Crippen molar-refractivity contribution in [3.8, 4) is 0 Å². The molecule has 0 fully saturated rings. The Morgan fingerprint density at radius 2 is 1.57 bits per heavy atom. The van der Waals surface area contributed by atoms with E-state index in [1.54, 1.807) is 23.1 Å². The summed E-state index contributed by atoms with van der Waals surface area (Å²) in [7, 11) is 0. The van der Waals surface area contributed by atoms with E-state index in [4.69, 9.17) is 23.2 Å². The summed E-state index contributed by atoms with van der Waals surface area (Å²) >= 11 is 16.1. The normalized spacial score (nSPS) is 15.2. The Labute approximate surface area is 181 Å². The molecule has 0 atom stereocenters. The molecule has 4 rings (SSSR count).